The second kappa shape index (κ2) is 8.84. The second-order valence-corrected chi connectivity index (χ2v) is 12.6. The zero-order valence-corrected chi connectivity index (χ0v) is 22.6. The van der Waals surface area contributed by atoms with Crippen molar-refractivity contribution in [2.45, 2.75) is 0 Å². The number of anilines is 2. The van der Waals surface area contributed by atoms with Crippen molar-refractivity contribution in [3.8, 4) is 22.3 Å². The van der Waals surface area contributed by atoms with Crippen LogP contribution >= 0.6 is 7.44 Å². The zero-order chi connectivity index (χ0) is 26.7. The topological polar surface area (TPSA) is 25.2 Å². The molecule has 0 bridgehead atoms. The minimum absolute atomic E-state index is 0.801. The number of hydrogen-bond acceptors (Lipinski definition) is 1. The maximum absolute atomic E-state index is 16.2. The molecular formula is C36H25N2OP. The highest BCUT2D eigenvalue weighted by molar-refractivity contribution is 7.73. The number of aromatic nitrogens is 1. The van der Waals surface area contributed by atoms with Crippen molar-refractivity contribution in [2.75, 3.05) is 4.67 Å². The summed E-state index contributed by atoms with van der Waals surface area (Å²) in [7, 11) is -3.45. The molecule has 6 aromatic carbocycles. The third kappa shape index (κ3) is 3.28. The van der Waals surface area contributed by atoms with Crippen molar-refractivity contribution in [2.24, 2.45) is 0 Å². The van der Waals surface area contributed by atoms with Gasteiger partial charge in [0, 0.05) is 16.5 Å². The number of nitrogens with zero attached hydrogens (tertiary/aromatic N) is 2. The fourth-order valence-corrected chi connectivity index (χ4v) is 9.24. The molecule has 0 saturated carbocycles. The SMILES string of the molecule is O=P1(c2cc(-c3ccccc3)cc(-c3ccccc3)c2)N(c2ccccc2)c2cccc3c4ccccc4n1c23. The van der Waals surface area contributed by atoms with E-state index in [-0.39, 0.29) is 0 Å². The quantitative estimate of drug-likeness (QED) is 0.211. The summed E-state index contributed by atoms with van der Waals surface area (Å²) >= 11 is 0. The second-order valence-electron chi connectivity index (χ2n) is 10.2. The van der Waals surface area contributed by atoms with Crippen molar-refractivity contribution in [1.29, 1.82) is 0 Å². The molecular weight excluding hydrogens is 507 g/mol. The fraction of sp³-hybridized carbons (Fsp3) is 0. The smallest absolute Gasteiger partial charge is 0.270 e. The Labute approximate surface area is 233 Å². The van der Waals surface area contributed by atoms with E-state index in [0.717, 1.165) is 60.7 Å². The van der Waals surface area contributed by atoms with Gasteiger partial charge in [0.1, 0.15) is 0 Å². The van der Waals surface area contributed by atoms with Gasteiger partial charge in [-0.05, 0) is 64.7 Å². The van der Waals surface area contributed by atoms with Crippen LogP contribution in [0.1, 0.15) is 0 Å². The maximum Gasteiger partial charge on any atom is 0.301 e. The first-order valence-electron chi connectivity index (χ1n) is 13.5. The van der Waals surface area contributed by atoms with Gasteiger partial charge in [0.05, 0.1) is 22.0 Å². The standard InChI is InChI=1S/C36H25N2OP/c39-40(31-24-28(26-13-4-1-5-14-26)23-29(25-31)27-15-6-2-7-16-27)37(30-17-8-3-9-18-30)35-22-12-20-33-32-19-10-11-21-34(32)38(40)36(33)35/h1-25H. The monoisotopic (exact) mass is 532 g/mol. The minimum atomic E-state index is -3.45. The third-order valence-corrected chi connectivity index (χ3v) is 10.8. The molecule has 0 saturated heterocycles. The molecule has 2 heterocycles. The molecule has 0 radical (unpaired) electrons. The van der Waals surface area contributed by atoms with E-state index >= 15 is 4.57 Å². The first kappa shape index (κ1) is 23.1. The predicted octanol–water partition coefficient (Wildman–Crippen LogP) is 9.65. The lowest BCUT2D eigenvalue weighted by atomic mass is 9.99. The molecule has 0 aliphatic carbocycles. The molecule has 8 rings (SSSR count). The summed E-state index contributed by atoms with van der Waals surface area (Å²) in [4.78, 5) is 0. The Morgan fingerprint density at radius 1 is 0.475 bits per heavy atom. The number of benzene rings is 6. The first-order chi connectivity index (χ1) is 19.7. The molecule has 1 atom stereocenters. The van der Waals surface area contributed by atoms with Crippen LogP contribution in [0.25, 0.3) is 44.1 Å². The Kier molecular flexibility index (Phi) is 5.10. The van der Waals surface area contributed by atoms with E-state index in [2.05, 4.69) is 124 Å². The van der Waals surface area contributed by atoms with Gasteiger partial charge in [-0.15, -0.1) is 0 Å². The van der Waals surface area contributed by atoms with E-state index in [4.69, 9.17) is 0 Å². The van der Waals surface area contributed by atoms with Crippen LogP contribution in [0.2, 0.25) is 0 Å². The summed E-state index contributed by atoms with van der Waals surface area (Å²) in [5, 5.41) is 3.04. The molecule has 1 aromatic heterocycles. The number of hydrogen-bond donors (Lipinski definition) is 0. The normalized spacial score (nSPS) is 16.1. The lowest BCUT2D eigenvalue weighted by Crippen LogP contribution is -2.22. The Morgan fingerprint density at radius 3 is 1.68 bits per heavy atom. The Balaban J connectivity index is 1.50. The number of para-hydroxylation sites is 3. The zero-order valence-electron chi connectivity index (χ0n) is 21.7. The van der Waals surface area contributed by atoms with Gasteiger partial charge in [-0.1, -0.05) is 109 Å². The summed E-state index contributed by atoms with van der Waals surface area (Å²) in [6.45, 7) is 0. The molecule has 0 N–H and O–H groups in total. The first-order valence-corrected chi connectivity index (χ1v) is 15.1. The van der Waals surface area contributed by atoms with Crippen LogP contribution in [0.5, 0.6) is 0 Å². The van der Waals surface area contributed by atoms with Crippen LogP contribution in [-0.2, 0) is 4.57 Å². The van der Waals surface area contributed by atoms with Gasteiger partial charge in [-0.3, -0.25) is 13.6 Å². The predicted molar refractivity (Wildman–Crippen MR) is 168 cm³/mol. The van der Waals surface area contributed by atoms with Crippen LogP contribution in [0, 0.1) is 0 Å². The number of fused-ring (bicyclic) bond motifs is 3. The van der Waals surface area contributed by atoms with Crippen molar-refractivity contribution >= 4 is 45.9 Å². The van der Waals surface area contributed by atoms with Crippen molar-refractivity contribution in [3.05, 3.63) is 152 Å². The van der Waals surface area contributed by atoms with Crippen molar-refractivity contribution < 1.29 is 4.57 Å². The van der Waals surface area contributed by atoms with Crippen LogP contribution in [-0.4, -0.2) is 4.34 Å². The van der Waals surface area contributed by atoms with Gasteiger partial charge in [-0.25, -0.2) is 0 Å². The van der Waals surface area contributed by atoms with Gasteiger partial charge in [0.25, 0.3) is 0 Å². The van der Waals surface area contributed by atoms with Crippen molar-refractivity contribution in [1.82, 2.24) is 4.34 Å². The van der Waals surface area contributed by atoms with E-state index in [1.807, 2.05) is 36.4 Å². The van der Waals surface area contributed by atoms with E-state index in [1.165, 1.54) is 0 Å². The molecule has 0 amide bonds. The highest BCUT2D eigenvalue weighted by Gasteiger charge is 2.45. The summed E-state index contributed by atoms with van der Waals surface area (Å²) in [6, 6.07) is 52.0. The third-order valence-electron chi connectivity index (χ3n) is 7.89. The van der Waals surface area contributed by atoms with Crippen molar-refractivity contribution in [3.63, 3.8) is 0 Å². The number of rotatable bonds is 4. The molecule has 190 valence electrons. The van der Waals surface area contributed by atoms with Crippen LogP contribution in [0.4, 0.5) is 11.4 Å². The summed E-state index contributed by atoms with van der Waals surface area (Å²) in [6.07, 6.45) is 0. The molecule has 0 fully saturated rings. The molecule has 40 heavy (non-hydrogen) atoms. The molecule has 1 aliphatic rings. The summed E-state index contributed by atoms with van der Waals surface area (Å²) in [5.74, 6) is 0. The Hall–Kier alpha value is -4.85. The van der Waals surface area contributed by atoms with Crippen LogP contribution < -0.4 is 9.97 Å². The average molecular weight is 533 g/mol. The minimum Gasteiger partial charge on any atom is -0.270 e. The highest BCUT2D eigenvalue weighted by atomic mass is 31.2. The Morgan fingerprint density at radius 2 is 1.02 bits per heavy atom. The average Bonchev–Trinajstić information content (AvgIpc) is 3.52. The largest absolute Gasteiger partial charge is 0.301 e. The van der Waals surface area contributed by atoms with Crippen LogP contribution in [0.15, 0.2) is 152 Å². The highest BCUT2D eigenvalue weighted by Crippen LogP contribution is 2.66. The van der Waals surface area contributed by atoms with Gasteiger partial charge in [0.15, 0.2) is 0 Å². The lowest BCUT2D eigenvalue weighted by Gasteiger charge is -2.30. The summed E-state index contributed by atoms with van der Waals surface area (Å²) < 4.78 is 20.4. The molecule has 3 nitrogen and oxygen atoms in total. The van der Waals surface area contributed by atoms with Gasteiger partial charge >= 0.3 is 7.44 Å². The van der Waals surface area contributed by atoms with Gasteiger partial charge in [0.2, 0.25) is 0 Å². The van der Waals surface area contributed by atoms with Gasteiger partial charge in [-0.2, -0.15) is 0 Å². The van der Waals surface area contributed by atoms with Gasteiger partial charge < -0.3 is 0 Å². The maximum atomic E-state index is 16.2. The Bertz CT molecular complexity index is 2030. The lowest BCUT2D eigenvalue weighted by molar-refractivity contribution is 0.578. The van der Waals surface area contributed by atoms with E-state index in [0.29, 0.717) is 0 Å². The fourth-order valence-electron chi connectivity index (χ4n) is 6.14. The molecule has 0 spiro atoms. The molecule has 7 aromatic rings. The summed E-state index contributed by atoms with van der Waals surface area (Å²) in [5.41, 5.74) is 8.16. The van der Waals surface area contributed by atoms with E-state index in [1.54, 1.807) is 0 Å². The molecule has 1 aliphatic heterocycles. The molecule has 1 unspecified atom stereocenters. The molecule has 4 heteroatoms. The van der Waals surface area contributed by atoms with Crippen LogP contribution in [0.3, 0.4) is 0 Å². The van der Waals surface area contributed by atoms with E-state index in [9.17, 15) is 0 Å². The van der Waals surface area contributed by atoms with E-state index < -0.39 is 7.44 Å².